The second-order valence-electron chi connectivity index (χ2n) is 7.56. The summed E-state index contributed by atoms with van der Waals surface area (Å²) in [4.78, 5) is 14.9. The Bertz CT molecular complexity index is 442. The van der Waals surface area contributed by atoms with E-state index in [1.807, 2.05) is 0 Å². The van der Waals surface area contributed by atoms with Crippen LogP contribution in [0.25, 0.3) is 0 Å². The molecule has 0 aromatic rings. The van der Waals surface area contributed by atoms with Crippen molar-refractivity contribution in [1.82, 2.24) is 4.90 Å². The average molecular weight is 321 g/mol. The third kappa shape index (κ3) is 4.36. The minimum Gasteiger partial charge on any atom is -0.459 e. The fourth-order valence-electron chi connectivity index (χ4n) is 4.16. The molecule has 4 heteroatoms. The molecule has 0 N–H and O–H groups in total. The van der Waals surface area contributed by atoms with Gasteiger partial charge in [0.25, 0.3) is 0 Å². The topological polar surface area (TPSA) is 38.8 Å². The zero-order valence-electron chi connectivity index (χ0n) is 14.6. The Kier molecular flexibility index (Phi) is 5.76. The predicted octanol–water partition coefficient (Wildman–Crippen LogP) is 3.17. The summed E-state index contributed by atoms with van der Waals surface area (Å²) in [7, 11) is 0. The van der Waals surface area contributed by atoms with Crippen LogP contribution in [-0.2, 0) is 14.3 Å². The Morgan fingerprint density at radius 2 is 2.04 bits per heavy atom. The molecule has 0 saturated carbocycles. The largest absolute Gasteiger partial charge is 0.459 e. The Morgan fingerprint density at radius 3 is 2.83 bits per heavy atom. The Hall–Kier alpha value is -0.870. The molecule has 2 fully saturated rings. The zero-order chi connectivity index (χ0) is 16.2. The van der Waals surface area contributed by atoms with Gasteiger partial charge in [-0.05, 0) is 65.5 Å². The van der Waals surface area contributed by atoms with Gasteiger partial charge in [0.05, 0.1) is 18.6 Å². The fraction of sp³-hybridized carbons (Fsp3) is 0.842. The number of esters is 1. The smallest absolute Gasteiger partial charge is 0.311 e. The van der Waals surface area contributed by atoms with Crippen LogP contribution in [0.4, 0.5) is 0 Å². The summed E-state index contributed by atoms with van der Waals surface area (Å²) in [6.07, 6.45) is 9.28. The van der Waals surface area contributed by atoms with Gasteiger partial charge in [-0.15, -0.1) is 0 Å². The van der Waals surface area contributed by atoms with Crippen LogP contribution in [0, 0.1) is 11.8 Å². The molecule has 4 atom stereocenters. The lowest BCUT2D eigenvalue weighted by Crippen LogP contribution is -2.34. The van der Waals surface area contributed by atoms with E-state index in [-0.39, 0.29) is 24.1 Å². The molecule has 3 heterocycles. The van der Waals surface area contributed by atoms with Crippen molar-refractivity contribution in [3.8, 4) is 0 Å². The van der Waals surface area contributed by atoms with Crippen LogP contribution in [0.5, 0.6) is 0 Å². The van der Waals surface area contributed by atoms with Gasteiger partial charge in [0.15, 0.2) is 0 Å². The summed E-state index contributed by atoms with van der Waals surface area (Å²) in [5.41, 5.74) is 1.44. The van der Waals surface area contributed by atoms with E-state index in [1.54, 1.807) is 0 Å². The number of hydrogen-bond acceptors (Lipinski definition) is 4. The molecule has 4 nitrogen and oxygen atoms in total. The predicted molar refractivity (Wildman–Crippen MR) is 90.2 cm³/mol. The molecule has 3 aliphatic rings. The van der Waals surface area contributed by atoms with Gasteiger partial charge in [-0.2, -0.15) is 0 Å². The highest BCUT2D eigenvalue weighted by atomic mass is 16.6. The molecule has 0 aromatic carbocycles. The van der Waals surface area contributed by atoms with Crippen molar-refractivity contribution in [2.24, 2.45) is 11.8 Å². The summed E-state index contributed by atoms with van der Waals surface area (Å²) >= 11 is 0. The Labute approximate surface area is 140 Å². The average Bonchev–Trinajstić information content (AvgIpc) is 3.12. The van der Waals surface area contributed by atoms with Crippen LogP contribution in [0.15, 0.2) is 11.6 Å². The number of hydrogen-bond donors (Lipinski definition) is 0. The van der Waals surface area contributed by atoms with Crippen LogP contribution in [0.1, 0.15) is 52.4 Å². The number of fused-ring (bicyclic) bond motifs is 1. The molecule has 3 rings (SSSR count). The van der Waals surface area contributed by atoms with Gasteiger partial charge in [0, 0.05) is 12.5 Å². The SMILES string of the molecule is CC1=CCCC(C)OCC2OC(=O)C(CN3CCCC3)C2CC1. The van der Waals surface area contributed by atoms with Crippen LogP contribution < -0.4 is 0 Å². The highest BCUT2D eigenvalue weighted by Gasteiger charge is 2.45. The molecule has 3 aliphatic heterocycles. The number of ether oxygens (including phenoxy) is 2. The Morgan fingerprint density at radius 1 is 1.26 bits per heavy atom. The molecular formula is C19H31NO3. The van der Waals surface area contributed by atoms with E-state index in [0.717, 1.165) is 45.3 Å². The number of nitrogens with zero attached hydrogens (tertiary/aromatic N) is 1. The minimum atomic E-state index is -0.0524. The van der Waals surface area contributed by atoms with Crippen LogP contribution in [0.2, 0.25) is 0 Å². The number of rotatable bonds is 2. The van der Waals surface area contributed by atoms with Gasteiger partial charge >= 0.3 is 5.97 Å². The minimum absolute atomic E-state index is 0.00171. The molecule has 0 amide bonds. The van der Waals surface area contributed by atoms with E-state index in [1.165, 1.54) is 18.4 Å². The summed E-state index contributed by atoms with van der Waals surface area (Å²) in [5.74, 6) is 0.337. The molecule has 2 saturated heterocycles. The molecular weight excluding hydrogens is 290 g/mol. The van der Waals surface area contributed by atoms with Crippen LogP contribution in [-0.4, -0.2) is 49.3 Å². The van der Waals surface area contributed by atoms with E-state index in [9.17, 15) is 4.79 Å². The van der Waals surface area contributed by atoms with Crippen molar-refractivity contribution in [3.05, 3.63) is 11.6 Å². The second kappa shape index (κ2) is 7.80. The quantitative estimate of drug-likeness (QED) is 0.578. The van der Waals surface area contributed by atoms with Gasteiger partial charge in [-0.3, -0.25) is 4.79 Å². The maximum absolute atomic E-state index is 12.4. The zero-order valence-corrected chi connectivity index (χ0v) is 14.6. The van der Waals surface area contributed by atoms with Crippen molar-refractivity contribution in [2.45, 2.75) is 64.6 Å². The van der Waals surface area contributed by atoms with Gasteiger partial charge in [-0.25, -0.2) is 0 Å². The van der Waals surface area contributed by atoms with E-state index < -0.39 is 0 Å². The standard InChI is InChI=1S/C19H31NO3/c1-14-6-5-7-15(2)22-13-18-16(9-8-14)17(19(21)23-18)12-20-10-3-4-11-20/h6,15-18H,3-5,7-13H2,1-2H3. The maximum Gasteiger partial charge on any atom is 0.311 e. The van der Waals surface area contributed by atoms with Crippen molar-refractivity contribution >= 4 is 5.97 Å². The molecule has 0 aromatic heterocycles. The molecule has 0 aliphatic carbocycles. The molecule has 0 spiro atoms. The molecule has 0 radical (unpaired) electrons. The lowest BCUT2D eigenvalue weighted by atomic mass is 9.85. The number of likely N-dealkylation sites (tertiary alicyclic amines) is 1. The molecule has 130 valence electrons. The third-order valence-corrected chi connectivity index (χ3v) is 5.70. The van der Waals surface area contributed by atoms with Gasteiger partial charge in [0.1, 0.15) is 6.10 Å². The van der Waals surface area contributed by atoms with Gasteiger partial charge < -0.3 is 14.4 Å². The summed E-state index contributed by atoms with van der Waals surface area (Å²) in [6.45, 7) is 8.03. The van der Waals surface area contributed by atoms with E-state index >= 15 is 0 Å². The van der Waals surface area contributed by atoms with E-state index in [2.05, 4.69) is 24.8 Å². The Balaban J connectivity index is 1.70. The summed E-state index contributed by atoms with van der Waals surface area (Å²) in [5, 5.41) is 0. The molecule has 0 bridgehead atoms. The first-order valence-electron chi connectivity index (χ1n) is 9.33. The van der Waals surface area contributed by atoms with Gasteiger partial charge in [-0.1, -0.05) is 11.6 Å². The first-order valence-corrected chi connectivity index (χ1v) is 9.33. The van der Waals surface area contributed by atoms with Crippen LogP contribution in [0.3, 0.4) is 0 Å². The first kappa shape index (κ1) is 17.0. The first-order chi connectivity index (χ1) is 11.1. The lowest BCUT2D eigenvalue weighted by Gasteiger charge is -2.25. The normalized spacial score (nSPS) is 37.0. The third-order valence-electron chi connectivity index (χ3n) is 5.70. The van der Waals surface area contributed by atoms with Crippen molar-refractivity contribution in [3.63, 3.8) is 0 Å². The van der Waals surface area contributed by atoms with Crippen molar-refractivity contribution in [1.29, 1.82) is 0 Å². The second-order valence-corrected chi connectivity index (χ2v) is 7.56. The number of carbonyl (C=O) groups is 1. The molecule has 4 unspecified atom stereocenters. The highest BCUT2D eigenvalue weighted by molar-refractivity contribution is 5.75. The highest BCUT2D eigenvalue weighted by Crippen LogP contribution is 2.35. The monoisotopic (exact) mass is 321 g/mol. The van der Waals surface area contributed by atoms with E-state index in [4.69, 9.17) is 9.47 Å². The number of carbonyl (C=O) groups excluding carboxylic acids is 1. The maximum atomic E-state index is 12.4. The lowest BCUT2D eigenvalue weighted by molar-refractivity contribution is -0.147. The van der Waals surface area contributed by atoms with Crippen molar-refractivity contribution < 1.29 is 14.3 Å². The van der Waals surface area contributed by atoms with E-state index in [0.29, 0.717) is 12.5 Å². The summed E-state index contributed by atoms with van der Waals surface area (Å²) in [6, 6.07) is 0. The summed E-state index contributed by atoms with van der Waals surface area (Å²) < 4.78 is 11.7. The fourth-order valence-corrected chi connectivity index (χ4v) is 4.16. The molecule has 23 heavy (non-hydrogen) atoms. The van der Waals surface area contributed by atoms with Crippen molar-refractivity contribution in [2.75, 3.05) is 26.2 Å². The van der Waals surface area contributed by atoms with Crippen LogP contribution >= 0.6 is 0 Å². The van der Waals surface area contributed by atoms with Gasteiger partial charge in [0.2, 0.25) is 0 Å². The number of allylic oxidation sites excluding steroid dienone is 2.